The van der Waals surface area contributed by atoms with Gasteiger partial charge >= 0.3 is 0 Å². The first-order valence-corrected chi connectivity index (χ1v) is 11.7. The number of hydrogen-bond acceptors (Lipinski definition) is 8. The first kappa shape index (κ1) is 28.5. The van der Waals surface area contributed by atoms with Crippen LogP contribution in [0.15, 0.2) is 24.3 Å². The molecule has 3 amide bonds. The van der Waals surface area contributed by atoms with Crippen molar-refractivity contribution in [3.63, 3.8) is 0 Å². The molecule has 0 aromatic heterocycles. The highest BCUT2D eigenvalue weighted by molar-refractivity contribution is 5.91. The van der Waals surface area contributed by atoms with Gasteiger partial charge in [-0.3, -0.25) is 14.4 Å². The lowest BCUT2D eigenvalue weighted by Gasteiger charge is -2.42. The highest BCUT2D eigenvalue weighted by atomic mass is 16.5. The molecular weight excluding hydrogens is 456 g/mol. The molecule has 0 spiro atoms. The molecule has 1 aliphatic carbocycles. The van der Waals surface area contributed by atoms with E-state index in [0.29, 0.717) is 17.7 Å². The van der Waals surface area contributed by atoms with Crippen LogP contribution in [0.3, 0.4) is 0 Å². The normalized spacial score (nSPS) is 26.0. The van der Waals surface area contributed by atoms with Crippen molar-refractivity contribution in [1.82, 2.24) is 16.0 Å². The van der Waals surface area contributed by atoms with E-state index in [2.05, 4.69) is 16.0 Å². The highest BCUT2D eigenvalue weighted by Crippen LogP contribution is 2.30. The number of benzene rings is 1. The Morgan fingerprint density at radius 3 is 2.29 bits per heavy atom. The summed E-state index contributed by atoms with van der Waals surface area (Å²) < 4.78 is 5.10. The number of nitrogens with two attached hydrogens (primary N) is 1. The maximum Gasteiger partial charge on any atom is 0.252 e. The molecule has 11 heteroatoms. The van der Waals surface area contributed by atoms with Crippen LogP contribution in [0.4, 0.5) is 0 Å². The SMILES string of the molecule is CN[C@@H](CC(C)C)C(=O)N[C@H]1C[C@@](O)(C(=O)N[C@@H](Cc2ccc(OC)cc2)C(N)=O)C[C@@H](O)[C@@H]1O. The van der Waals surface area contributed by atoms with Crippen LogP contribution in [0.5, 0.6) is 5.75 Å². The lowest BCUT2D eigenvalue weighted by molar-refractivity contribution is -0.160. The van der Waals surface area contributed by atoms with E-state index in [1.165, 1.54) is 7.11 Å². The van der Waals surface area contributed by atoms with Gasteiger partial charge < -0.3 is 41.7 Å². The third-order valence-corrected chi connectivity index (χ3v) is 6.28. The van der Waals surface area contributed by atoms with E-state index in [0.717, 1.165) is 0 Å². The molecular formula is C24H38N4O7. The zero-order chi connectivity index (χ0) is 26.3. The van der Waals surface area contributed by atoms with Crippen LogP contribution in [0.25, 0.3) is 0 Å². The molecule has 8 N–H and O–H groups in total. The van der Waals surface area contributed by atoms with Gasteiger partial charge in [-0.15, -0.1) is 0 Å². The standard InChI is InChI=1S/C24H38N4O7/c1-13(2)9-17(26-3)22(32)27-18-11-24(34,12-19(29)20(18)30)23(33)28-16(21(25)31)10-14-5-7-15(35-4)8-6-14/h5-8,13,16-20,26,29-30,34H,9-12H2,1-4H3,(H2,25,31)(H,27,32)(H,28,33)/t16-,17-,18-,19+,20+,24-/m0/s1. The summed E-state index contributed by atoms with van der Waals surface area (Å²) in [6.07, 6.45) is -3.07. The number of carbonyl (C=O) groups is 3. The largest absolute Gasteiger partial charge is 0.497 e. The Kier molecular flexibility index (Phi) is 10.0. The number of aliphatic hydroxyl groups is 3. The van der Waals surface area contributed by atoms with Gasteiger partial charge in [-0.05, 0) is 37.1 Å². The Morgan fingerprint density at radius 1 is 1.14 bits per heavy atom. The summed E-state index contributed by atoms with van der Waals surface area (Å²) in [6, 6.07) is 4.08. The molecule has 196 valence electrons. The average Bonchev–Trinajstić information content (AvgIpc) is 2.80. The molecule has 1 aromatic carbocycles. The van der Waals surface area contributed by atoms with E-state index >= 15 is 0 Å². The van der Waals surface area contributed by atoms with Gasteiger partial charge in [0.1, 0.15) is 23.5 Å². The number of likely N-dealkylation sites (N-methyl/N-ethyl adjacent to an activating group) is 1. The van der Waals surface area contributed by atoms with Crippen LogP contribution in [0.2, 0.25) is 0 Å². The van der Waals surface area contributed by atoms with E-state index < -0.39 is 60.1 Å². The van der Waals surface area contributed by atoms with Gasteiger partial charge in [0.25, 0.3) is 5.91 Å². The Bertz CT molecular complexity index is 879. The molecule has 0 saturated heterocycles. The minimum absolute atomic E-state index is 0.0749. The average molecular weight is 495 g/mol. The van der Waals surface area contributed by atoms with Gasteiger partial charge in [0.05, 0.1) is 25.3 Å². The maximum absolute atomic E-state index is 13.0. The second-order valence-electron chi connectivity index (χ2n) is 9.56. The molecule has 2 rings (SSSR count). The Morgan fingerprint density at radius 2 is 1.77 bits per heavy atom. The summed E-state index contributed by atoms with van der Waals surface area (Å²) >= 11 is 0. The van der Waals surface area contributed by atoms with Crippen LogP contribution < -0.4 is 26.4 Å². The van der Waals surface area contributed by atoms with E-state index in [-0.39, 0.29) is 18.8 Å². The molecule has 35 heavy (non-hydrogen) atoms. The summed E-state index contributed by atoms with van der Waals surface area (Å²) in [5.74, 6) is -1.30. The minimum atomic E-state index is -2.14. The summed E-state index contributed by atoms with van der Waals surface area (Å²) in [5.41, 5.74) is 4.04. The molecule has 1 aliphatic rings. The van der Waals surface area contributed by atoms with Crippen molar-refractivity contribution in [3.8, 4) is 5.75 Å². The van der Waals surface area contributed by atoms with E-state index in [1.807, 2.05) is 13.8 Å². The van der Waals surface area contributed by atoms with Crippen LogP contribution in [-0.4, -0.2) is 83.1 Å². The molecule has 0 unspecified atom stereocenters. The fourth-order valence-electron chi connectivity index (χ4n) is 4.25. The quantitative estimate of drug-likeness (QED) is 0.195. The van der Waals surface area contributed by atoms with Gasteiger partial charge in [0.15, 0.2) is 0 Å². The van der Waals surface area contributed by atoms with Gasteiger partial charge in [0, 0.05) is 19.3 Å². The second-order valence-corrected chi connectivity index (χ2v) is 9.56. The van der Waals surface area contributed by atoms with Crippen molar-refractivity contribution in [2.24, 2.45) is 11.7 Å². The Labute approximate surface area is 205 Å². The minimum Gasteiger partial charge on any atom is -0.497 e. The molecule has 1 aromatic rings. The van der Waals surface area contributed by atoms with Crippen molar-refractivity contribution in [1.29, 1.82) is 0 Å². The van der Waals surface area contributed by atoms with Gasteiger partial charge in [-0.25, -0.2) is 0 Å². The lowest BCUT2D eigenvalue weighted by Crippen LogP contribution is -2.65. The van der Waals surface area contributed by atoms with Crippen LogP contribution in [0, 0.1) is 5.92 Å². The van der Waals surface area contributed by atoms with Gasteiger partial charge in [-0.2, -0.15) is 0 Å². The monoisotopic (exact) mass is 494 g/mol. The Balaban J connectivity index is 2.13. The number of nitrogens with one attached hydrogen (secondary N) is 3. The van der Waals surface area contributed by atoms with E-state index in [9.17, 15) is 29.7 Å². The third kappa shape index (κ3) is 7.63. The second kappa shape index (κ2) is 12.3. The first-order chi connectivity index (χ1) is 16.4. The van der Waals surface area contributed by atoms with Crippen molar-refractivity contribution < 1.29 is 34.4 Å². The number of hydrogen-bond donors (Lipinski definition) is 7. The predicted octanol–water partition coefficient (Wildman–Crippen LogP) is -1.43. The molecule has 0 aliphatic heterocycles. The van der Waals surface area contributed by atoms with Crippen LogP contribution in [0.1, 0.15) is 38.7 Å². The number of carbonyl (C=O) groups excluding carboxylic acids is 3. The zero-order valence-electron chi connectivity index (χ0n) is 20.7. The molecule has 11 nitrogen and oxygen atoms in total. The fraction of sp³-hybridized carbons (Fsp3) is 0.625. The summed E-state index contributed by atoms with van der Waals surface area (Å²) in [6.45, 7) is 3.92. The van der Waals surface area contributed by atoms with Crippen molar-refractivity contribution in [3.05, 3.63) is 29.8 Å². The van der Waals surface area contributed by atoms with Crippen LogP contribution in [-0.2, 0) is 20.8 Å². The number of aliphatic hydroxyl groups excluding tert-OH is 2. The molecule has 0 bridgehead atoms. The van der Waals surface area contributed by atoms with Crippen molar-refractivity contribution in [2.75, 3.05) is 14.2 Å². The molecule has 0 heterocycles. The zero-order valence-corrected chi connectivity index (χ0v) is 20.7. The number of ether oxygens (including phenoxy) is 1. The van der Waals surface area contributed by atoms with E-state index in [4.69, 9.17) is 10.5 Å². The molecule has 1 fully saturated rings. The number of methoxy groups -OCH3 is 1. The lowest BCUT2D eigenvalue weighted by atomic mass is 9.77. The number of primary amides is 1. The summed E-state index contributed by atoms with van der Waals surface area (Å²) in [7, 11) is 3.16. The smallest absolute Gasteiger partial charge is 0.252 e. The first-order valence-electron chi connectivity index (χ1n) is 11.7. The Hall–Kier alpha value is -2.73. The maximum atomic E-state index is 13.0. The third-order valence-electron chi connectivity index (χ3n) is 6.28. The van der Waals surface area contributed by atoms with Crippen molar-refractivity contribution >= 4 is 17.7 Å². The molecule has 1 saturated carbocycles. The topological polar surface area (TPSA) is 183 Å². The van der Waals surface area contributed by atoms with Gasteiger partial charge in [-0.1, -0.05) is 26.0 Å². The molecule has 6 atom stereocenters. The fourth-order valence-corrected chi connectivity index (χ4v) is 4.25. The van der Waals surface area contributed by atoms with Crippen molar-refractivity contribution in [2.45, 2.75) is 75.5 Å². The molecule has 0 radical (unpaired) electrons. The van der Waals surface area contributed by atoms with Gasteiger partial charge in [0.2, 0.25) is 11.8 Å². The van der Waals surface area contributed by atoms with E-state index in [1.54, 1.807) is 31.3 Å². The number of rotatable bonds is 11. The van der Waals surface area contributed by atoms with Crippen LogP contribution >= 0.6 is 0 Å². The number of amides is 3. The highest BCUT2D eigenvalue weighted by Gasteiger charge is 2.50. The predicted molar refractivity (Wildman–Crippen MR) is 128 cm³/mol. The summed E-state index contributed by atoms with van der Waals surface area (Å²) in [4.78, 5) is 37.8. The summed E-state index contributed by atoms with van der Waals surface area (Å²) in [5, 5.41) is 39.9.